The fourth-order valence-electron chi connectivity index (χ4n) is 5.68. The molecule has 2 rings (SSSR count). The van der Waals surface area contributed by atoms with E-state index in [0.717, 1.165) is 30.2 Å². The SMILES string of the molecule is CCCC(C)(C)[C@H]1CC[C@]2(C)C(C)CC[C@H]2[C@@H]1CN. The predicted octanol–water partition coefficient (Wildman–Crippen LogP) is 4.85. The normalized spacial score (nSPS) is 43.3. The Morgan fingerprint density at radius 2 is 1.89 bits per heavy atom. The van der Waals surface area contributed by atoms with Gasteiger partial charge in [0.25, 0.3) is 0 Å². The number of rotatable bonds is 4. The van der Waals surface area contributed by atoms with Crippen molar-refractivity contribution in [3.8, 4) is 0 Å². The van der Waals surface area contributed by atoms with Gasteiger partial charge >= 0.3 is 0 Å². The van der Waals surface area contributed by atoms with E-state index in [1.165, 1.54) is 38.5 Å². The molecule has 19 heavy (non-hydrogen) atoms. The van der Waals surface area contributed by atoms with Crippen LogP contribution in [0, 0.1) is 34.5 Å². The Balaban J connectivity index is 2.22. The van der Waals surface area contributed by atoms with E-state index in [0.29, 0.717) is 10.8 Å². The molecule has 1 unspecified atom stereocenters. The molecule has 0 aliphatic heterocycles. The van der Waals surface area contributed by atoms with Crippen LogP contribution in [0.2, 0.25) is 0 Å². The number of hydrogen-bond acceptors (Lipinski definition) is 1. The quantitative estimate of drug-likeness (QED) is 0.772. The van der Waals surface area contributed by atoms with Crippen LogP contribution in [0.15, 0.2) is 0 Å². The second kappa shape index (κ2) is 5.39. The molecule has 5 atom stereocenters. The average Bonchev–Trinajstić information content (AvgIpc) is 2.64. The molecule has 1 heteroatoms. The van der Waals surface area contributed by atoms with Crippen LogP contribution >= 0.6 is 0 Å². The van der Waals surface area contributed by atoms with Gasteiger partial charge in [0.1, 0.15) is 0 Å². The lowest BCUT2D eigenvalue weighted by Crippen LogP contribution is -2.48. The summed E-state index contributed by atoms with van der Waals surface area (Å²) in [5.74, 6) is 3.41. The van der Waals surface area contributed by atoms with Gasteiger partial charge in [-0.25, -0.2) is 0 Å². The summed E-state index contributed by atoms with van der Waals surface area (Å²) in [5, 5.41) is 0. The highest BCUT2D eigenvalue weighted by Crippen LogP contribution is 2.61. The molecule has 0 spiro atoms. The molecular weight excluding hydrogens is 230 g/mol. The Kier molecular flexibility index (Phi) is 4.35. The summed E-state index contributed by atoms with van der Waals surface area (Å²) < 4.78 is 0. The van der Waals surface area contributed by atoms with Crippen LogP contribution < -0.4 is 5.73 Å². The van der Waals surface area contributed by atoms with E-state index >= 15 is 0 Å². The molecule has 2 N–H and O–H groups in total. The van der Waals surface area contributed by atoms with Crippen molar-refractivity contribution in [2.24, 2.45) is 40.2 Å². The van der Waals surface area contributed by atoms with Crippen LogP contribution in [0.4, 0.5) is 0 Å². The molecule has 0 amide bonds. The Morgan fingerprint density at radius 3 is 2.47 bits per heavy atom. The summed E-state index contributed by atoms with van der Waals surface area (Å²) >= 11 is 0. The zero-order valence-corrected chi connectivity index (χ0v) is 13.8. The third kappa shape index (κ3) is 2.48. The van der Waals surface area contributed by atoms with E-state index in [1.54, 1.807) is 0 Å². The highest BCUT2D eigenvalue weighted by molar-refractivity contribution is 5.03. The summed E-state index contributed by atoms with van der Waals surface area (Å²) in [6.45, 7) is 13.2. The van der Waals surface area contributed by atoms with Crippen LogP contribution in [-0.4, -0.2) is 6.54 Å². The molecule has 0 aromatic heterocycles. The van der Waals surface area contributed by atoms with Crippen LogP contribution in [-0.2, 0) is 0 Å². The third-order valence-electron chi connectivity index (χ3n) is 7.08. The largest absolute Gasteiger partial charge is 0.330 e. The summed E-state index contributed by atoms with van der Waals surface area (Å²) in [7, 11) is 0. The summed E-state index contributed by atoms with van der Waals surface area (Å²) in [6.07, 6.45) is 8.36. The fraction of sp³-hybridized carbons (Fsp3) is 1.00. The second-order valence-electron chi connectivity index (χ2n) is 8.37. The minimum Gasteiger partial charge on any atom is -0.330 e. The van der Waals surface area contributed by atoms with Crippen LogP contribution in [0.1, 0.15) is 73.1 Å². The van der Waals surface area contributed by atoms with E-state index in [9.17, 15) is 0 Å². The molecule has 0 aromatic rings. The Bertz CT molecular complexity index is 309. The standard InChI is InChI=1S/C18H35N/c1-6-10-17(3,4)15-9-11-18(5)13(2)7-8-16(18)14(15)12-19/h13-16H,6-12,19H2,1-5H3/t13?,14-,15+,16+,18-/m1/s1. The van der Waals surface area contributed by atoms with Gasteiger partial charge in [-0.1, -0.05) is 41.0 Å². The first kappa shape index (κ1) is 15.4. The van der Waals surface area contributed by atoms with Gasteiger partial charge in [-0.05, 0) is 73.2 Å². The average molecular weight is 265 g/mol. The van der Waals surface area contributed by atoms with Gasteiger partial charge < -0.3 is 5.73 Å². The van der Waals surface area contributed by atoms with E-state index in [-0.39, 0.29) is 0 Å². The lowest BCUT2D eigenvalue weighted by atomic mass is 9.53. The zero-order valence-electron chi connectivity index (χ0n) is 13.8. The lowest BCUT2D eigenvalue weighted by Gasteiger charge is -2.52. The topological polar surface area (TPSA) is 26.0 Å². The highest BCUT2D eigenvalue weighted by Gasteiger charge is 2.53. The van der Waals surface area contributed by atoms with Gasteiger partial charge in [-0.15, -0.1) is 0 Å². The van der Waals surface area contributed by atoms with Crippen molar-refractivity contribution in [1.29, 1.82) is 0 Å². The molecule has 1 nitrogen and oxygen atoms in total. The fourth-order valence-corrected chi connectivity index (χ4v) is 5.68. The minimum absolute atomic E-state index is 0.478. The van der Waals surface area contributed by atoms with Gasteiger partial charge in [0.05, 0.1) is 0 Å². The van der Waals surface area contributed by atoms with E-state index in [4.69, 9.17) is 5.73 Å². The Labute approximate surface area is 120 Å². The first-order valence-electron chi connectivity index (χ1n) is 8.57. The van der Waals surface area contributed by atoms with Crippen LogP contribution in [0.25, 0.3) is 0 Å². The Morgan fingerprint density at radius 1 is 1.21 bits per heavy atom. The Hall–Kier alpha value is -0.0400. The first-order chi connectivity index (χ1) is 8.86. The van der Waals surface area contributed by atoms with Gasteiger partial charge in [-0.3, -0.25) is 0 Å². The van der Waals surface area contributed by atoms with Crippen LogP contribution in [0.3, 0.4) is 0 Å². The zero-order chi connectivity index (χ0) is 14.3. The molecule has 2 aliphatic carbocycles. The molecule has 0 heterocycles. The van der Waals surface area contributed by atoms with Crippen molar-refractivity contribution >= 4 is 0 Å². The van der Waals surface area contributed by atoms with Crippen LogP contribution in [0.5, 0.6) is 0 Å². The maximum absolute atomic E-state index is 6.25. The van der Waals surface area contributed by atoms with Gasteiger partial charge in [0, 0.05) is 0 Å². The molecule has 2 aliphatic rings. The maximum Gasteiger partial charge on any atom is -0.00432 e. The minimum atomic E-state index is 0.478. The predicted molar refractivity (Wildman–Crippen MR) is 84.0 cm³/mol. The van der Waals surface area contributed by atoms with Crippen molar-refractivity contribution in [2.45, 2.75) is 73.1 Å². The van der Waals surface area contributed by atoms with Crippen molar-refractivity contribution < 1.29 is 0 Å². The third-order valence-corrected chi connectivity index (χ3v) is 7.08. The first-order valence-corrected chi connectivity index (χ1v) is 8.57. The van der Waals surface area contributed by atoms with Crippen molar-refractivity contribution in [2.75, 3.05) is 6.54 Å². The molecule has 0 radical (unpaired) electrons. The molecule has 0 saturated heterocycles. The number of fused-ring (bicyclic) bond motifs is 1. The van der Waals surface area contributed by atoms with E-state index in [1.807, 2.05) is 0 Å². The van der Waals surface area contributed by atoms with Gasteiger partial charge in [0.15, 0.2) is 0 Å². The molecular formula is C18H35N. The monoisotopic (exact) mass is 265 g/mol. The number of hydrogen-bond donors (Lipinski definition) is 1. The summed E-state index contributed by atoms with van der Waals surface area (Å²) in [6, 6.07) is 0. The smallest absolute Gasteiger partial charge is 0.00432 e. The molecule has 2 saturated carbocycles. The maximum atomic E-state index is 6.25. The summed E-state index contributed by atoms with van der Waals surface area (Å²) in [5.41, 5.74) is 7.31. The molecule has 0 aromatic carbocycles. The number of nitrogens with two attached hydrogens (primary N) is 1. The van der Waals surface area contributed by atoms with Crippen molar-refractivity contribution in [3.05, 3.63) is 0 Å². The molecule has 0 bridgehead atoms. The van der Waals surface area contributed by atoms with E-state index < -0.39 is 0 Å². The molecule has 112 valence electrons. The van der Waals surface area contributed by atoms with Gasteiger partial charge in [-0.2, -0.15) is 0 Å². The molecule has 2 fully saturated rings. The van der Waals surface area contributed by atoms with Gasteiger partial charge in [0.2, 0.25) is 0 Å². The van der Waals surface area contributed by atoms with Crippen molar-refractivity contribution in [3.63, 3.8) is 0 Å². The van der Waals surface area contributed by atoms with E-state index in [2.05, 4.69) is 34.6 Å². The summed E-state index contributed by atoms with van der Waals surface area (Å²) in [4.78, 5) is 0. The lowest BCUT2D eigenvalue weighted by molar-refractivity contribution is -0.0296. The second-order valence-corrected chi connectivity index (χ2v) is 8.37. The highest BCUT2D eigenvalue weighted by atomic mass is 14.7. The van der Waals surface area contributed by atoms with Crippen molar-refractivity contribution in [1.82, 2.24) is 0 Å².